The summed E-state index contributed by atoms with van der Waals surface area (Å²) in [7, 11) is 0. The van der Waals surface area contributed by atoms with Gasteiger partial charge < -0.3 is 15.2 Å². The van der Waals surface area contributed by atoms with E-state index in [2.05, 4.69) is 59.8 Å². The van der Waals surface area contributed by atoms with Crippen LogP contribution in [0.15, 0.2) is 24.3 Å². The van der Waals surface area contributed by atoms with Gasteiger partial charge in [0.2, 0.25) is 0 Å². The molecule has 0 spiro atoms. The normalized spacial score (nSPS) is 14.1. The van der Waals surface area contributed by atoms with E-state index in [1.807, 2.05) is 18.2 Å². The number of hydrogen-bond acceptors (Lipinski definition) is 3. The van der Waals surface area contributed by atoms with Gasteiger partial charge in [0, 0.05) is 12.1 Å². The van der Waals surface area contributed by atoms with Crippen LogP contribution in [0.25, 0.3) is 0 Å². The molecule has 1 aromatic rings. The van der Waals surface area contributed by atoms with Gasteiger partial charge in [-0.15, -0.1) is 0 Å². The van der Waals surface area contributed by atoms with Crippen molar-refractivity contribution in [2.24, 2.45) is 5.41 Å². The SMILES string of the molecule is CC(C)c1ccccc1OCC(O)CNC(C)(C)CC(C)(C)C. The molecule has 3 heteroatoms. The molecule has 0 aliphatic rings. The molecular weight excluding hydrogens is 286 g/mol. The molecule has 0 saturated heterocycles. The van der Waals surface area contributed by atoms with Gasteiger partial charge in [0.25, 0.3) is 0 Å². The van der Waals surface area contributed by atoms with Crippen molar-refractivity contribution in [1.82, 2.24) is 5.32 Å². The Labute approximate surface area is 142 Å². The summed E-state index contributed by atoms with van der Waals surface area (Å²) in [6.45, 7) is 16.2. The smallest absolute Gasteiger partial charge is 0.122 e. The predicted molar refractivity (Wildman–Crippen MR) is 98.2 cm³/mol. The molecular formula is C20H35NO2. The molecule has 0 aliphatic heterocycles. The second-order valence-corrected chi connectivity index (χ2v) is 8.66. The van der Waals surface area contributed by atoms with Gasteiger partial charge in [-0.1, -0.05) is 52.8 Å². The average molecular weight is 322 g/mol. The molecule has 0 aliphatic carbocycles. The summed E-state index contributed by atoms with van der Waals surface area (Å²) in [5.41, 5.74) is 1.43. The minimum absolute atomic E-state index is 0.00489. The zero-order chi connectivity index (χ0) is 17.7. The van der Waals surface area contributed by atoms with E-state index in [-0.39, 0.29) is 11.0 Å². The number of aliphatic hydroxyl groups excluding tert-OH is 1. The Morgan fingerprint density at radius 2 is 1.70 bits per heavy atom. The molecule has 132 valence electrons. The molecule has 0 heterocycles. The van der Waals surface area contributed by atoms with Crippen LogP contribution in [-0.4, -0.2) is 29.9 Å². The van der Waals surface area contributed by atoms with E-state index in [1.54, 1.807) is 0 Å². The maximum absolute atomic E-state index is 10.2. The van der Waals surface area contributed by atoms with Crippen LogP contribution in [0.2, 0.25) is 0 Å². The fourth-order valence-electron chi connectivity index (χ4n) is 3.12. The van der Waals surface area contributed by atoms with Crippen LogP contribution < -0.4 is 10.1 Å². The molecule has 2 N–H and O–H groups in total. The van der Waals surface area contributed by atoms with Gasteiger partial charge in [-0.25, -0.2) is 0 Å². The summed E-state index contributed by atoms with van der Waals surface area (Å²) in [6, 6.07) is 8.05. The van der Waals surface area contributed by atoms with Crippen LogP contribution in [0.4, 0.5) is 0 Å². The molecule has 0 amide bonds. The first-order valence-electron chi connectivity index (χ1n) is 8.65. The molecule has 0 saturated carbocycles. The lowest BCUT2D eigenvalue weighted by Crippen LogP contribution is -2.46. The number of β-amino-alcohol motifs (C(OH)–C–C–N with tert-alkyl or cyclic N) is 1. The molecule has 1 unspecified atom stereocenters. The Bertz CT molecular complexity index is 475. The number of para-hydroxylation sites is 1. The second-order valence-electron chi connectivity index (χ2n) is 8.66. The highest BCUT2D eigenvalue weighted by atomic mass is 16.5. The van der Waals surface area contributed by atoms with E-state index in [0.29, 0.717) is 19.1 Å². The summed E-state index contributed by atoms with van der Waals surface area (Å²) in [5.74, 6) is 1.28. The Morgan fingerprint density at radius 1 is 1.09 bits per heavy atom. The maximum atomic E-state index is 10.2. The Hall–Kier alpha value is -1.06. The lowest BCUT2D eigenvalue weighted by molar-refractivity contribution is 0.0938. The van der Waals surface area contributed by atoms with Crippen molar-refractivity contribution in [3.8, 4) is 5.75 Å². The van der Waals surface area contributed by atoms with Crippen molar-refractivity contribution in [1.29, 1.82) is 0 Å². The first-order valence-corrected chi connectivity index (χ1v) is 8.65. The topological polar surface area (TPSA) is 41.5 Å². The molecule has 0 fully saturated rings. The van der Waals surface area contributed by atoms with E-state index in [9.17, 15) is 5.11 Å². The molecule has 1 atom stereocenters. The van der Waals surface area contributed by atoms with Gasteiger partial charge in [0.05, 0.1) is 0 Å². The zero-order valence-corrected chi connectivity index (χ0v) is 15.9. The zero-order valence-electron chi connectivity index (χ0n) is 15.9. The third-order valence-electron chi connectivity index (χ3n) is 3.76. The monoisotopic (exact) mass is 321 g/mol. The fourth-order valence-corrected chi connectivity index (χ4v) is 3.12. The molecule has 0 aromatic heterocycles. The highest BCUT2D eigenvalue weighted by Crippen LogP contribution is 2.27. The van der Waals surface area contributed by atoms with Crippen molar-refractivity contribution in [3.05, 3.63) is 29.8 Å². The lowest BCUT2D eigenvalue weighted by Gasteiger charge is -2.34. The molecule has 23 heavy (non-hydrogen) atoms. The van der Waals surface area contributed by atoms with E-state index in [0.717, 1.165) is 12.2 Å². The second kappa shape index (κ2) is 8.16. The standard InChI is InChI=1S/C20H35NO2/c1-15(2)17-10-8-9-11-18(17)23-13-16(22)12-21-20(6,7)14-19(3,4)5/h8-11,15-16,21-22H,12-14H2,1-7H3. The maximum Gasteiger partial charge on any atom is 0.122 e. The Morgan fingerprint density at radius 3 is 2.26 bits per heavy atom. The van der Waals surface area contributed by atoms with E-state index < -0.39 is 6.10 Å². The molecule has 1 rings (SSSR count). The van der Waals surface area contributed by atoms with Crippen molar-refractivity contribution >= 4 is 0 Å². The number of nitrogens with one attached hydrogen (secondary N) is 1. The van der Waals surface area contributed by atoms with Crippen LogP contribution in [-0.2, 0) is 0 Å². The van der Waals surface area contributed by atoms with Gasteiger partial charge in [0.15, 0.2) is 0 Å². The van der Waals surface area contributed by atoms with Crippen LogP contribution in [0.1, 0.15) is 66.4 Å². The molecule has 0 bridgehead atoms. The summed E-state index contributed by atoms with van der Waals surface area (Å²) < 4.78 is 5.84. The third kappa shape index (κ3) is 7.85. The number of aliphatic hydroxyl groups is 1. The van der Waals surface area contributed by atoms with Crippen LogP contribution >= 0.6 is 0 Å². The van der Waals surface area contributed by atoms with Crippen molar-refractivity contribution in [2.45, 2.75) is 72.4 Å². The van der Waals surface area contributed by atoms with E-state index >= 15 is 0 Å². The van der Waals surface area contributed by atoms with Crippen molar-refractivity contribution < 1.29 is 9.84 Å². The van der Waals surface area contributed by atoms with Crippen LogP contribution in [0.3, 0.4) is 0 Å². The minimum Gasteiger partial charge on any atom is -0.491 e. The van der Waals surface area contributed by atoms with Gasteiger partial charge in [-0.2, -0.15) is 0 Å². The minimum atomic E-state index is -0.519. The van der Waals surface area contributed by atoms with Gasteiger partial charge in [0.1, 0.15) is 18.5 Å². The predicted octanol–water partition coefficient (Wildman–Crippen LogP) is 4.35. The number of hydrogen-bond donors (Lipinski definition) is 2. The van der Waals surface area contributed by atoms with Gasteiger partial charge in [-0.3, -0.25) is 0 Å². The Kier molecular flexibility index (Phi) is 7.09. The summed E-state index contributed by atoms with van der Waals surface area (Å²) in [4.78, 5) is 0. The van der Waals surface area contributed by atoms with Gasteiger partial charge >= 0.3 is 0 Å². The number of rotatable bonds is 8. The van der Waals surface area contributed by atoms with Crippen molar-refractivity contribution in [2.75, 3.05) is 13.2 Å². The first kappa shape index (κ1) is 20.0. The average Bonchev–Trinajstić information content (AvgIpc) is 2.40. The Balaban J connectivity index is 2.48. The largest absolute Gasteiger partial charge is 0.491 e. The quantitative estimate of drug-likeness (QED) is 0.748. The summed E-state index contributed by atoms with van der Waals surface area (Å²) >= 11 is 0. The van der Waals surface area contributed by atoms with Crippen LogP contribution in [0.5, 0.6) is 5.75 Å². The third-order valence-corrected chi connectivity index (χ3v) is 3.76. The molecule has 1 aromatic carbocycles. The molecule has 0 radical (unpaired) electrons. The highest BCUT2D eigenvalue weighted by Gasteiger charge is 2.25. The summed E-state index contributed by atoms with van der Waals surface area (Å²) in [5, 5.41) is 13.7. The number of benzene rings is 1. The molecule has 3 nitrogen and oxygen atoms in total. The van der Waals surface area contributed by atoms with E-state index in [1.165, 1.54) is 5.56 Å². The number of ether oxygens (including phenoxy) is 1. The summed E-state index contributed by atoms with van der Waals surface area (Å²) in [6.07, 6.45) is 0.526. The van der Waals surface area contributed by atoms with E-state index in [4.69, 9.17) is 4.74 Å². The van der Waals surface area contributed by atoms with Crippen molar-refractivity contribution in [3.63, 3.8) is 0 Å². The first-order chi connectivity index (χ1) is 10.5. The lowest BCUT2D eigenvalue weighted by atomic mass is 9.82. The van der Waals surface area contributed by atoms with Crippen LogP contribution in [0, 0.1) is 5.41 Å². The highest BCUT2D eigenvalue weighted by molar-refractivity contribution is 5.35. The van der Waals surface area contributed by atoms with Gasteiger partial charge in [-0.05, 0) is 43.2 Å². The fraction of sp³-hybridized carbons (Fsp3) is 0.700.